The van der Waals surface area contributed by atoms with Gasteiger partial charge in [-0.25, -0.2) is 9.18 Å². The first-order valence-corrected chi connectivity index (χ1v) is 8.07. The molecule has 0 radical (unpaired) electrons. The molecule has 3 rings (SSSR count). The number of hydrogen-bond acceptors (Lipinski definition) is 4. The van der Waals surface area contributed by atoms with Crippen LogP contribution in [0.4, 0.5) is 14.9 Å². The molecule has 7 heteroatoms. The third kappa shape index (κ3) is 3.32. The van der Waals surface area contributed by atoms with Crippen molar-refractivity contribution in [3.63, 3.8) is 0 Å². The van der Waals surface area contributed by atoms with Gasteiger partial charge >= 0.3 is 6.03 Å². The summed E-state index contributed by atoms with van der Waals surface area (Å²) in [5.41, 5.74) is -1.43. The molecule has 24 heavy (non-hydrogen) atoms. The van der Waals surface area contributed by atoms with Gasteiger partial charge in [-0.3, -0.25) is 0 Å². The molecule has 2 heterocycles. The fourth-order valence-electron chi connectivity index (χ4n) is 2.26. The fraction of sp³-hybridized carbons (Fsp3) is 0.118. The van der Waals surface area contributed by atoms with E-state index in [1.54, 1.807) is 30.3 Å². The van der Waals surface area contributed by atoms with Crippen LogP contribution < -0.4 is 10.6 Å². The van der Waals surface area contributed by atoms with E-state index in [1.807, 2.05) is 5.38 Å². The van der Waals surface area contributed by atoms with Crippen molar-refractivity contribution in [3.8, 4) is 0 Å². The third-order valence-corrected chi connectivity index (χ3v) is 4.51. The number of furan rings is 1. The molecule has 0 saturated carbocycles. The van der Waals surface area contributed by atoms with Gasteiger partial charge < -0.3 is 20.2 Å². The first-order chi connectivity index (χ1) is 11.6. The zero-order valence-electron chi connectivity index (χ0n) is 12.5. The second kappa shape index (κ2) is 6.86. The Labute approximate surface area is 141 Å². The van der Waals surface area contributed by atoms with E-state index in [1.165, 1.54) is 35.8 Å². The van der Waals surface area contributed by atoms with Crippen LogP contribution in [0.5, 0.6) is 0 Å². The van der Waals surface area contributed by atoms with Crippen LogP contribution in [0.1, 0.15) is 10.6 Å². The lowest BCUT2D eigenvalue weighted by Gasteiger charge is -2.25. The number of thiophene rings is 1. The Hall–Kier alpha value is -2.64. The van der Waals surface area contributed by atoms with E-state index in [0.29, 0.717) is 10.6 Å². The Kier molecular flexibility index (Phi) is 4.64. The Morgan fingerprint density at radius 1 is 1.21 bits per heavy atom. The summed E-state index contributed by atoms with van der Waals surface area (Å²) in [5, 5.41) is 17.8. The van der Waals surface area contributed by atoms with E-state index in [0.717, 1.165) is 0 Å². The Balaban J connectivity index is 1.73. The predicted molar refractivity (Wildman–Crippen MR) is 89.4 cm³/mol. The summed E-state index contributed by atoms with van der Waals surface area (Å²) in [6.07, 6.45) is 1.45. The Bertz CT molecular complexity index is 769. The molecule has 1 atom stereocenters. The van der Waals surface area contributed by atoms with Crippen LogP contribution in [-0.2, 0) is 5.60 Å². The van der Waals surface area contributed by atoms with Crippen LogP contribution in [-0.4, -0.2) is 17.7 Å². The molecular weight excluding hydrogens is 331 g/mol. The molecule has 0 fully saturated rings. The smallest absolute Gasteiger partial charge is 0.319 e. The molecule has 124 valence electrons. The highest BCUT2D eigenvalue weighted by molar-refractivity contribution is 7.10. The van der Waals surface area contributed by atoms with Crippen LogP contribution in [0.15, 0.2) is 64.6 Å². The van der Waals surface area contributed by atoms with E-state index >= 15 is 0 Å². The zero-order valence-corrected chi connectivity index (χ0v) is 13.3. The standard InChI is InChI=1S/C17H15FN2O3S/c18-12-5-1-2-6-13(12)20-16(21)19-11-17(22,14-7-3-9-23-14)15-8-4-10-24-15/h1-10,22H,11H2,(H2,19,20,21). The second-order valence-corrected chi connectivity index (χ2v) is 6.05. The minimum absolute atomic E-state index is 0.0627. The van der Waals surface area contributed by atoms with Crippen LogP contribution in [0.3, 0.4) is 0 Å². The molecular formula is C17H15FN2O3S. The summed E-state index contributed by atoms with van der Waals surface area (Å²) in [5.74, 6) is -0.219. The molecule has 0 saturated heterocycles. The number of nitrogens with one attached hydrogen (secondary N) is 2. The van der Waals surface area contributed by atoms with Crippen LogP contribution in [0.2, 0.25) is 0 Å². The number of benzene rings is 1. The Morgan fingerprint density at radius 3 is 2.71 bits per heavy atom. The molecule has 3 N–H and O–H groups in total. The molecule has 0 spiro atoms. The lowest BCUT2D eigenvalue weighted by atomic mass is 9.99. The minimum atomic E-state index is -1.50. The van der Waals surface area contributed by atoms with Crippen molar-refractivity contribution in [1.29, 1.82) is 0 Å². The first kappa shape index (κ1) is 16.2. The fourth-order valence-corrected chi connectivity index (χ4v) is 3.09. The minimum Gasteiger partial charge on any atom is -0.466 e. The summed E-state index contributed by atoms with van der Waals surface area (Å²) in [6, 6.07) is 12.1. The number of aliphatic hydroxyl groups is 1. The quantitative estimate of drug-likeness (QED) is 0.661. The van der Waals surface area contributed by atoms with E-state index in [2.05, 4.69) is 10.6 Å². The maximum Gasteiger partial charge on any atom is 0.319 e. The van der Waals surface area contributed by atoms with Crippen molar-refractivity contribution >= 4 is 23.1 Å². The summed E-state index contributed by atoms with van der Waals surface area (Å²) in [4.78, 5) is 12.7. The summed E-state index contributed by atoms with van der Waals surface area (Å²) in [6.45, 7) is -0.124. The number of hydrogen-bond donors (Lipinski definition) is 3. The normalized spacial score (nSPS) is 13.2. The van der Waals surface area contributed by atoms with Crippen molar-refractivity contribution in [3.05, 3.63) is 76.6 Å². The van der Waals surface area contributed by atoms with Crippen molar-refractivity contribution in [1.82, 2.24) is 5.32 Å². The highest BCUT2D eigenvalue weighted by Gasteiger charge is 2.36. The van der Waals surface area contributed by atoms with Crippen LogP contribution in [0.25, 0.3) is 0 Å². The number of carbonyl (C=O) groups is 1. The lowest BCUT2D eigenvalue weighted by molar-refractivity contribution is 0.0628. The molecule has 2 amide bonds. The number of anilines is 1. The average Bonchev–Trinajstić information content (AvgIpc) is 3.28. The van der Waals surface area contributed by atoms with E-state index in [9.17, 15) is 14.3 Å². The number of carbonyl (C=O) groups excluding carboxylic acids is 1. The van der Waals surface area contributed by atoms with Gasteiger partial charge in [-0.05, 0) is 35.7 Å². The van der Waals surface area contributed by atoms with Gasteiger partial charge in [0.2, 0.25) is 0 Å². The molecule has 0 aliphatic heterocycles. The monoisotopic (exact) mass is 346 g/mol. The summed E-state index contributed by atoms with van der Waals surface area (Å²) >= 11 is 1.34. The molecule has 3 aromatic rings. The molecule has 5 nitrogen and oxygen atoms in total. The van der Waals surface area contributed by atoms with Gasteiger partial charge in [0.05, 0.1) is 18.5 Å². The highest BCUT2D eigenvalue weighted by atomic mass is 32.1. The van der Waals surface area contributed by atoms with Crippen molar-refractivity contribution in [2.45, 2.75) is 5.60 Å². The van der Waals surface area contributed by atoms with Gasteiger partial charge in [0.1, 0.15) is 11.6 Å². The predicted octanol–water partition coefficient (Wildman–Crippen LogP) is 3.54. The number of amides is 2. The van der Waals surface area contributed by atoms with Gasteiger partial charge in [0.25, 0.3) is 0 Å². The van der Waals surface area contributed by atoms with Crippen molar-refractivity contribution in [2.75, 3.05) is 11.9 Å². The molecule has 2 aromatic heterocycles. The van der Waals surface area contributed by atoms with Gasteiger partial charge in [-0.1, -0.05) is 18.2 Å². The van der Waals surface area contributed by atoms with Crippen LogP contribution in [0, 0.1) is 5.82 Å². The van der Waals surface area contributed by atoms with Gasteiger partial charge in [0.15, 0.2) is 5.60 Å². The number of urea groups is 1. The zero-order chi connectivity index (χ0) is 17.0. The van der Waals surface area contributed by atoms with E-state index in [-0.39, 0.29) is 12.2 Å². The van der Waals surface area contributed by atoms with Gasteiger partial charge in [0, 0.05) is 4.88 Å². The van der Waals surface area contributed by atoms with Gasteiger partial charge in [-0.2, -0.15) is 0 Å². The topological polar surface area (TPSA) is 74.5 Å². The summed E-state index contributed by atoms with van der Waals surface area (Å²) < 4.78 is 18.9. The van der Waals surface area contributed by atoms with Crippen LogP contribution >= 0.6 is 11.3 Å². The van der Waals surface area contributed by atoms with Gasteiger partial charge in [-0.15, -0.1) is 11.3 Å². The first-order valence-electron chi connectivity index (χ1n) is 7.19. The average molecular weight is 346 g/mol. The maximum atomic E-state index is 13.6. The van der Waals surface area contributed by atoms with E-state index < -0.39 is 17.4 Å². The second-order valence-electron chi connectivity index (χ2n) is 5.10. The molecule has 0 bridgehead atoms. The summed E-state index contributed by atoms with van der Waals surface area (Å²) in [7, 11) is 0. The Morgan fingerprint density at radius 2 is 2.04 bits per heavy atom. The van der Waals surface area contributed by atoms with E-state index in [4.69, 9.17) is 4.42 Å². The van der Waals surface area contributed by atoms with Crippen molar-refractivity contribution in [2.24, 2.45) is 0 Å². The largest absolute Gasteiger partial charge is 0.466 e. The molecule has 1 aromatic carbocycles. The number of rotatable bonds is 5. The molecule has 0 aliphatic rings. The SMILES string of the molecule is O=C(NCC(O)(c1ccco1)c1cccs1)Nc1ccccc1F. The lowest BCUT2D eigenvalue weighted by Crippen LogP contribution is -2.42. The van der Waals surface area contributed by atoms with Crippen molar-refractivity contribution < 1.29 is 18.7 Å². The molecule has 0 aliphatic carbocycles. The maximum absolute atomic E-state index is 13.6. The number of para-hydroxylation sites is 1. The highest BCUT2D eigenvalue weighted by Crippen LogP contribution is 2.32. The molecule has 1 unspecified atom stereocenters. The third-order valence-electron chi connectivity index (χ3n) is 3.48. The number of halogens is 1.